The Kier molecular flexibility index (Phi) is 4.20. The molecule has 1 saturated carbocycles. The summed E-state index contributed by atoms with van der Waals surface area (Å²) in [6, 6.07) is 1.10. The highest BCUT2D eigenvalue weighted by molar-refractivity contribution is 4.93. The molecule has 0 aromatic rings. The third-order valence-electron chi connectivity index (χ3n) is 2.68. The van der Waals surface area contributed by atoms with E-state index in [-0.39, 0.29) is 0 Å². The van der Waals surface area contributed by atoms with E-state index >= 15 is 0 Å². The first-order valence-electron chi connectivity index (χ1n) is 5.58. The number of fused-ring (bicyclic) bond motifs is 3. The maximum atomic E-state index is 5.86. The van der Waals surface area contributed by atoms with E-state index in [0.29, 0.717) is 12.1 Å². The van der Waals surface area contributed by atoms with E-state index in [4.69, 9.17) is 5.73 Å². The predicted molar refractivity (Wildman–Crippen MR) is 57.6 cm³/mol. The zero-order valence-electron chi connectivity index (χ0n) is 9.22. The number of hydrogen-bond donors (Lipinski definition) is 2. The van der Waals surface area contributed by atoms with Gasteiger partial charge in [-0.2, -0.15) is 0 Å². The van der Waals surface area contributed by atoms with Gasteiger partial charge in [-0.15, -0.1) is 0 Å². The van der Waals surface area contributed by atoms with Gasteiger partial charge in [0.25, 0.3) is 0 Å². The lowest BCUT2D eigenvalue weighted by Crippen LogP contribution is -2.56. The van der Waals surface area contributed by atoms with E-state index < -0.39 is 0 Å². The highest BCUT2D eigenvalue weighted by Crippen LogP contribution is 2.27. The number of hydrogen-bond acceptors (Lipinski definition) is 2. The van der Waals surface area contributed by atoms with Gasteiger partial charge in [0.05, 0.1) is 0 Å². The van der Waals surface area contributed by atoms with Crippen LogP contribution in [0.1, 0.15) is 40.0 Å². The molecule has 2 saturated heterocycles. The van der Waals surface area contributed by atoms with Crippen LogP contribution in [0.15, 0.2) is 0 Å². The zero-order valence-corrected chi connectivity index (χ0v) is 9.22. The summed E-state index contributed by atoms with van der Waals surface area (Å²) in [6.07, 6.45) is 3.98. The standard InChI is InChI=1S/C7H14N2.C4H10/c8-6-3-5-1-2-7(6)9-4-5;1-4(2)3/h5-7,9H,1-4,8H2;4H,1-3H3. The molecular formula is C11H24N2. The Balaban J connectivity index is 0.000000184. The van der Waals surface area contributed by atoms with Crippen LogP contribution in [0.4, 0.5) is 0 Å². The van der Waals surface area contributed by atoms with E-state index in [1.165, 1.54) is 25.8 Å². The van der Waals surface area contributed by atoms with Gasteiger partial charge in [-0.3, -0.25) is 0 Å². The van der Waals surface area contributed by atoms with Crippen molar-refractivity contribution in [2.75, 3.05) is 6.54 Å². The van der Waals surface area contributed by atoms with Gasteiger partial charge in [-0.25, -0.2) is 0 Å². The highest BCUT2D eigenvalue weighted by Gasteiger charge is 2.32. The molecule has 3 unspecified atom stereocenters. The van der Waals surface area contributed by atoms with Crippen molar-refractivity contribution in [2.45, 2.75) is 52.1 Å². The molecule has 0 aromatic carbocycles. The molecule has 13 heavy (non-hydrogen) atoms. The molecule has 3 atom stereocenters. The van der Waals surface area contributed by atoms with Crippen molar-refractivity contribution in [3.8, 4) is 0 Å². The molecule has 2 heterocycles. The van der Waals surface area contributed by atoms with Crippen molar-refractivity contribution >= 4 is 0 Å². The van der Waals surface area contributed by atoms with E-state index in [1.807, 2.05) is 0 Å². The second kappa shape index (κ2) is 4.97. The molecule has 2 nitrogen and oxygen atoms in total. The van der Waals surface area contributed by atoms with Gasteiger partial charge in [0.2, 0.25) is 0 Å². The van der Waals surface area contributed by atoms with E-state index in [0.717, 1.165) is 11.8 Å². The summed E-state index contributed by atoms with van der Waals surface area (Å²) in [7, 11) is 0. The lowest BCUT2D eigenvalue weighted by molar-refractivity contribution is 0.185. The Morgan fingerprint density at radius 2 is 1.85 bits per heavy atom. The molecule has 2 heteroatoms. The molecule has 0 radical (unpaired) electrons. The van der Waals surface area contributed by atoms with Gasteiger partial charge in [0, 0.05) is 12.1 Å². The molecule has 0 spiro atoms. The number of nitrogens with one attached hydrogen (secondary N) is 1. The smallest absolute Gasteiger partial charge is 0.0219 e. The van der Waals surface area contributed by atoms with Crippen LogP contribution < -0.4 is 11.1 Å². The Morgan fingerprint density at radius 3 is 2.00 bits per heavy atom. The summed E-state index contributed by atoms with van der Waals surface area (Å²) < 4.78 is 0. The van der Waals surface area contributed by atoms with Crippen LogP contribution in [-0.4, -0.2) is 18.6 Å². The van der Waals surface area contributed by atoms with Crippen LogP contribution >= 0.6 is 0 Å². The van der Waals surface area contributed by atoms with Crippen molar-refractivity contribution in [1.82, 2.24) is 5.32 Å². The molecule has 0 aromatic heterocycles. The van der Waals surface area contributed by atoms with Crippen LogP contribution in [0.5, 0.6) is 0 Å². The number of piperidine rings is 2. The minimum Gasteiger partial charge on any atom is -0.326 e. The molecule has 2 aliphatic heterocycles. The lowest BCUT2D eigenvalue weighted by Gasteiger charge is -2.41. The quantitative estimate of drug-likeness (QED) is 0.602. The van der Waals surface area contributed by atoms with Crippen molar-refractivity contribution < 1.29 is 0 Å². The molecule has 3 N–H and O–H groups in total. The maximum Gasteiger partial charge on any atom is 0.0219 e. The van der Waals surface area contributed by atoms with Crippen LogP contribution in [-0.2, 0) is 0 Å². The molecule has 1 aliphatic carbocycles. The fourth-order valence-electron chi connectivity index (χ4n) is 2.05. The molecule has 0 amide bonds. The summed E-state index contributed by atoms with van der Waals surface area (Å²) >= 11 is 0. The number of nitrogens with two attached hydrogens (primary N) is 1. The third-order valence-corrected chi connectivity index (χ3v) is 2.68. The third kappa shape index (κ3) is 3.65. The summed E-state index contributed by atoms with van der Waals surface area (Å²) in [5, 5.41) is 3.44. The first-order chi connectivity index (χ1) is 6.09. The summed E-state index contributed by atoms with van der Waals surface area (Å²) in [6.45, 7) is 7.72. The second-order valence-corrected chi connectivity index (χ2v) is 5.09. The van der Waals surface area contributed by atoms with Gasteiger partial charge in [0.15, 0.2) is 0 Å². The maximum absolute atomic E-state index is 5.86. The predicted octanol–water partition coefficient (Wildman–Crippen LogP) is 1.75. The van der Waals surface area contributed by atoms with Gasteiger partial charge in [0.1, 0.15) is 0 Å². The van der Waals surface area contributed by atoms with Crippen molar-refractivity contribution in [1.29, 1.82) is 0 Å². The SMILES string of the molecule is CC(C)C.NC1CC2CCC1NC2. The molecular weight excluding hydrogens is 160 g/mol. The largest absolute Gasteiger partial charge is 0.326 e. The highest BCUT2D eigenvalue weighted by atomic mass is 15.0. The minimum absolute atomic E-state index is 0.456. The van der Waals surface area contributed by atoms with Gasteiger partial charge < -0.3 is 11.1 Å². The Morgan fingerprint density at radius 1 is 1.23 bits per heavy atom. The summed E-state index contributed by atoms with van der Waals surface area (Å²) in [5.74, 6) is 1.73. The number of rotatable bonds is 0. The summed E-state index contributed by atoms with van der Waals surface area (Å²) in [4.78, 5) is 0. The lowest BCUT2D eigenvalue weighted by atomic mass is 9.78. The van der Waals surface area contributed by atoms with E-state index in [2.05, 4.69) is 26.1 Å². The van der Waals surface area contributed by atoms with Crippen molar-refractivity contribution in [2.24, 2.45) is 17.6 Å². The van der Waals surface area contributed by atoms with Gasteiger partial charge in [-0.05, 0) is 37.6 Å². The molecule has 78 valence electrons. The first-order valence-corrected chi connectivity index (χ1v) is 5.58. The minimum atomic E-state index is 0.456. The first kappa shape index (κ1) is 11.0. The van der Waals surface area contributed by atoms with Crippen molar-refractivity contribution in [3.63, 3.8) is 0 Å². The topological polar surface area (TPSA) is 38.0 Å². The van der Waals surface area contributed by atoms with Crippen LogP contribution in [0.25, 0.3) is 0 Å². The van der Waals surface area contributed by atoms with Gasteiger partial charge in [-0.1, -0.05) is 20.8 Å². The molecule has 3 fully saturated rings. The van der Waals surface area contributed by atoms with Crippen molar-refractivity contribution in [3.05, 3.63) is 0 Å². The summed E-state index contributed by atoms with van der Waals surface area (Å²) in [5.41, 5.74) is 5.86. The molecule has 3 rings (SSSR count). The molecule has 3 aliphatic rings. The van der Waals surface area contributed by atoms with E-state index in [1.54, 1.807) is 0 Å². The Bertz CT molecular complexity index is 134. The normalized spacial score (nSPS) is 37.2. The van der Waals surface area contributed by atoms with E-state index in [9.17, 15) is 0 Å². The fourth-order valence-corrected chi connectivity index (χ4v) is 2.05. The zero-order chi connectivity index (χ0) is 9.84. The average molecular weight is 184 g/mol. The Hall–Kier alpha value is -0.0800. The van der Waals surface area contributed by atoms with Crippen LogP contribution in [0, 0.1) is 11.8 Å². The fraction of sp³-hybridized carbons (Fsp3) is 1.00. The van der Waals surface area contributed by atoms with Crippen LogP contribution in [0.2, 0.25) is 0 Å². The monoisotopic (exact) mass is 184 g/mol. The average Bonchev–Trinajstić information content (AvgIpc) is 2.04. The van der Waals surface area contributed by atoms with Crippen LogP contribution in [0.3, 0.4) is 0 Å². The Labute approximate surface area is 82.3 Å². The second-order valence-electron chi connectivity index (χ2n) is 5.09. The van der Waals surface area contributed by atoms with Gasteiger partial charge >= 0.3 is 0 Å². The molecule has 2 bridgehead atoms.